The summed E-state index contributed by atoms with van der Waals surface area (Å²) in [5, 5.41) is 2.78. The van der Waals surface area contributed by atoms with Crippen LogP contribution in [0.15, 0.2) is 78.2 Å². The van der Waals surface area contributed by atoms with Crippen molar-refractivity contribution in [2.45, 2.75) is 25.7 Å². The molecule has 0 bridgehead atoms. The second-order valence-corrected chi connectivity index (χ2v) is 9.14. The average Bonchev–Trinajstić information content (AvgIpc) is 2.74. The Kier molecular flexibility index (Phi) is 7.00. The van der Waals surface area contributed by atoms with Gasteiger partial charge in [-0.05, 0) is 62.2 Å². The summed E-state index contributed by atoms with van der Waals surface area (Å²) < 4.78 is 34.2. The van der Waals surface area contributed by atoms with Gasteiger partial charge in [0.05, 0.1) is 10.6 Å². The number of ether oxygens (including phenoxy) is 1. The standard InChI is InChI=1S/C25H26N2O4S/c1-5-13-31-22-8-6-7-21(16-22)26-25(28)20-11-10-18(3)24(15-20)32(29,30)27-23-12-9-17(2)14-19(23)4/h5-12,14-16,27H,1,13H2,2-4H3,(H,26,28). The van der Waals surface area contributed by atoms with Crippen LogP contribution in [0, 0.1) is 20.8 Å². The Morgan fingerprint density at radius 2 is 1.78 bits per heavy atom. The normalized spacial score (nSPS) is 11.0. The van der Waals surface area contributed by atoms with Crippen molar-refractivity contribution in [3.63, 3.8) is 0 Å². The van der Waals surface area contributed by atoms with E-state index >= 15 is 0 Å². The highest BCUT2D eigenvalue weighted by Gasteiger charge is 2.20. The molecule has 0 aliphatic carbocycles. The average molecular weight is 451 g/mol. The Labute approximate surface area is 189 Å². The Bertz CT molecular complexity index is 1270. The number of hydrogen-bond acceptors (Lipinski definition) is 4. The molecule has 0 radical (unpaired) electrons. The molecule has 3 aromatic rings. The largest absolute Gasteiger partial charge is 0.489 e. The van der Waals surface area contributed by atoms with Crippen molar-refractivity contribution < 1.29 is 17.9 Å². The van der Waals surface area contributed by atoms with Crippen LogP contribution in [0.4, 0.5) is 11.4 Å². The fraction of sp³-hybridized carbons (Fsp3) is 0.160. The lowest BCUT2D eigenvalue weighted by Gasteiger charge is -2.14. The van der Waals surface area contributed by atoms with Crippen LogP contribution in [-0.4, -0.2) is 20.9 Å². The van der Waals surface area contributed by atoms with Crippen molar-refractivity contribution in [2.75, 3.05) is 16.6 Å². The van der Waals surface area contributed by atoms with Gasteiger partial charge in [0.15, 0.2) is 0 Å². The van der Waals surface area contributed by atoms with Gasteiger partial charge in [-0.15, -0.1) is 0 Å². The van der Waals surface area contributed by atoms with E-state index in [1.54, 1.807) is 55.5 Å². The van der Waals surface area contributed by atoms with Crippen LogP contribution < -0.4 is 14.8 Å². The van der Waals surface area contributed by atoms with Gasteiger partial charge in [-0.2, -0.15) is 0 Å². The highest BCUT2D eigenvalue weighted by atomic mass is 32.2. The SMILES string of the molecule is C=CCOc1cccc(NC(=O)c2ccc(C)c(S(=O)(=O)Nc3ccc(C)cc3C)c2)c1. The van der Waals surface area contributed by atoms with Crippen molar-refractivity contribution in [3.05, 3.63) is 95.6 Å². The first-order valence-corrected chi connectivity index (χ1v) is 11.5. The van der Waals surface area contributed by atoms with Crippen LogP contribution in [0.3, 0.4) is 0 Å². The van der Waals surface area contributed by atoms with Crippen LogP contribution in [0.2, 0.25) is 0 Å². The predicted octanol–water partition coefficient (Wildman–Crippen LogP) is 5.23. The fourth-order valence-corrected chi connectivity index (χ4v) is 4.58. The Morgan fingerprint density at radius 1 is 1.00 bits per heavy atom. The maximum Gasteiger partial charge on any atom is 0.262 e. The summed E-state index contributed by atoms with van der Waals surface area (Å²) in [6.45, 7) is 9.44. The first-order valence-electron chi connectivity index (χ1n) is 10.1. The highest BCUT2D eigenvalue weighted by Crippen LogP contribution is 2.24. The number of nitrogens with one attached hydrogen (secondary N) is 2. The van der Waals surface area contributed by atoms with Gasteiger partial charge < -0.3 is 10.1 Å². The molecule has 0 unspecified atom stereocenters. The minimum atomic E-state index is -3.88. The zero-order valence-electron chi connectivity index (χ0n) is 18.3. The molecule has 0 saturated heterocycles. The molecule has 0 fully saturated rings. The summed E-state index contributed by atoms with van der Waals surface area (Å²) in [4.78, 5) is 12.8. The molecule has 32 heavy (non-hydrogen) atoms. The van der Waals surface area contributed by atoms with E-state index in [1.807, 2.05) is 26.0 Å². The van der Waals surface area contributed by atoms with E-state index < -0.39 is 15.9 Å². The van der Waals surface area contributed by atoms with Crippen molar-refractivity contribution in [1.82, 2.24) is 0 Å². The molecule has 0 saturated carbocycles. The van der Waals surface area contributed by atoms with Gasteiger partial charge in [-0.3, -0.25) is 9.52 Å². The summed E-state index contributed by atoms with van der Waals surface area (Å²) in [7, 11) is -3.88. The molecule has 0 aliphatic rings. The zero-order chi connectivity index (χ0) is 23.3. The number of benzene rings is 3. The van der Waals surface area contributed by atoms with Gasteiger partial charge in [-0.1, -0.05) is 42.5 Å². The van der Waals surface area contributed by atoms with Gasteiger partial charge in [0.1, 0.15) is 12.4 Å². The van der Waals surface area contributed by atoms with Gasteiger partial charge in [-0.25, -0.2) is 8.42 Å². The quantitative estimate of drug-likeness (QED) is 0.460. The number of aryl methyl sites for hydroxylation is 3. The maximum absolute atomic E-state index is 13.1. The number of carbonyl (C=O) groups excluding carboxylic acids is 1. The van der Waals surface area contributed by atoms with Gasteiger partial charge >= 0.3 is 0 Å². The summed E-state index contributed by atoms with van der Waals surface area (Å²) in [6, 6.07) is 17.0. The summed E-state index contributed by atoms with van der Waals surface area (Å²) in [5.74, 6) is 0.168. The molecule has 0 heterocycles. The number of carbonyl (C=O) groups is 1. The number of rotatable bonds is 8. The first kappa shape index (κ1) is 23.1. The molecular weight excluding hydrogens is 424 g/mol. The Balaban J connectivity index is 1.84. The second-order valence-electron chi connectivity index (χ2n) is 7.49. The number of hydrogen-bond donors (Lipinski definition) is 2. The maximum atomic E-state index is 13.1. The number of anilines is 2. The van der Waals surface area contributed by atoms with Gasteiger partial charge in [0.25, 0.3) is 15.9 Å². The smallest absolute Gasteiger partial charge is 0.262 e. The summed E-state index contributed by atoms with van der Waals surface area (Å²) in [6.07, 6.45) is 1.63. The zero-order valence-corrected chi connectivity index (χ0v) is 19.1. The third-order valence-electron chi connectivity index (χ3n) is 4.83. The molecule has 0 aromatic heterocycles. The molecule has 0 spiro atoms. The number of amides is 1. The van der Waals surface area contributed by atoms with E-state index in [-0.39, 0.29) is 10.5 Å². The Hall–Kier alpha value is -3.58. The lowest BCUT2D eigenvalue weighted by Crippen LogP contribution is -2.17. The van der Waals surface area contributed by atoms with Crippen LogP contribution in [0.25, 0.3) is 0 Å². The van der Waals surface area contributed by atoms with E-state index in [1.165, 1.54) is 6.07 Å². The van der Waals surface area contributed by atoms with Crippen molar-refractivity contribution in [3.8, 4) is 5.75 Å². The third kappa shape index (κ3) is 5.56. The predicted molar refractivity (Wildman–Crippen MR) is 128 cm³/mol. The van der Waals surface area contributed by atoms with Crippen molar-refractivity contribution >= 4 is 27.3 Å². The Morgan fingerprint density at radius 3 is 2.50 bits per heavy atom. The molecule has 0 aliphatic heterocycles. The molecule has 3 rings (SSSR count). The topological polar surface area (TPSA) is 84.5 Å². The first-order chi connectivity index (χ1) is 15.2. The van der Waals surface area contributed by atoms with E-state index in [9.17, 15) is 13.2 Å². The molecular formula is C25H26N2O4S. The van der Waals surface area contributed by atoms with E-state index in [0.29, 0.717) is 29.3 Å². The second kappa shape index (κ2) is 9.70. The van der Waals surface area contributed by atoms with Gasteiger partial charge in [0.2, 0.25) is 0 Å². The summed E-state index contributed by atoms with van der Waals surface area (Å²) in [5.41, 5.74) is 3.67. The third-order valence-corrected chi connectivity index (χ3v) is 6.33. The van der Waals surface area contributed by atoms with Crippen LogP contribution in [0.5, 0.6) is 5.75 Å². The molecule has 2 N–H and O–H groups in total. The van der Waals surface area contributed by atoms with Crippen molar-refractivity contribution in [1.29, 1.82) is 0 Å². The fourth-order valence-electron chi connectivity index (χ4n) is 3.18. The lowest BCUT2D eigenvalue weighted by molar-refractivity contribution is 0.102. The molecule has 6 nitrogen and oxygen atoms in total. The minimum Gasteiger partial charge on any atom is -0.489 e. The van der Waals surface area contributed by atoms with Gasteiger partial charge in [0, 0.05) is 17.3 Å². The minimum absolute atomic E-state index is 0.0493. The molecule has 3 aromatic carbocycles. The summed E-state index contributed by atoms with van der Waals surface area (Å²) >= 11 is 0. The van der Waals surface area contributed by atoms with E-state index in [0.717, 1.165) is 11.1 Å². The van der Waals surface area contributed by atoms with E-state index in [2.05, 4.69) is 16.6 Å². The van der Waals surface area contributed by atoms with E-state index in [4.69, 9.17) is 4.74 Å². The molecule has 1 amide bonds. The molecule has 166 valence electrons. The van der Waals surface area contributed by atoms with Crippen molar-refractivity contribution in [2.24, 2.45) is 0 Å². The molecule has 7 heteroatoms. The highest BCUT2D eigenvalue weighted by molar-refractivity contribution is 7.92. The monoisotopic (exact) mass is 450 g/mol. The number of sulfonamides is 1. The van der Waals surface area contributed by atoms with Crippen LogP contribution in [0.1, 0.15) is 27.0 Å². The van der Waals surface area contributed by atoms with Crippen LogP contribution >= 0.6 is 0 Å². The van der Waals surface area contributed by atoms with Crippen LogP contribution in [-0.2, 0) is 10.0 Å². The molecule has 0 atom stereocenters. The lowest BCUT2D eigenvalue weighted by atomic mass is 10.1.